The van der Waals surface area contributed by atoms with Gasteiger partial charge in [-0.05, 0) is 127 Å². The van der Waals surface area contributed by atoms with Crippen molar-refractivity contribution in [2.75, 3.05) is 0 Å². The first kappa shape index (κ1) is 24.2. The Kier molecular flexibility index (Phi) is 5.79. The van der Waals surface area contributed by atoms with E-state index in [0.717, 1.165) is 44.4 Å². The van der Waals surface area contributed by atoms with Crippen molar-refractivity contribution >= 4 is 11.7 Å². The summed E-state index contributed by atoms with van der Waals surface area (Å²) in [6.45, 7) is 5.01. The Morgan fingerprint density at radius 3 is 2.71 bits per heavy atom. The predicted octanol–water partition coefficient (Wildman–Crippen LogP) is 8.11. The van der Waals surface area contributed by atoms with Crippen molar-refractivity contribution < 1.29 is 14.3 Å². The van der Waals surface area contributed by atoms with Gasteiger partial charge in [-0.3, -0.25) is 4.98 Å². The molecule has 0 aliphatic heterocycles. The van der Waals surface area contributed by atoms with Crippen LogP contribution in [-0.2, 0) is 17.6 Å². The lowest BCUT2D eigenvalue weighted by molar-refractivity contribution is -0.0303. The van der Waals surface area contributed by atoms with Gasteiger partial charge in [0.05, 0.1) is 0 Å². The van der Waals surface area contributed by atoms with Gasteiger partial charge >= 0.3 is 6.16 Å². The van der Waals surface area contributed by atoms with Crippen molar-refractivity contribution in [3.8, 4) is 5.75 Å². The molecule has 1 heterocycles. The van der Waals surface area contributed by atoms with E-state index in [1.807, 2.05) is 24.5 Å². The van der Waals surface area contributed by atoms with Crippen LogP contribution in [0.25, 0.3) is 5.57 Å². The van der Waals surface area contributed by atoms with Crippen LogP contribution in [0.4, 0.5) is 4.79 Å². The molecular weight excluding hydrogens is 470 g/mol. The Morgan fingerprint density at radius 2 is 1.84 bits per heavy atom. The fourth-order valence-corrected chi connectivity index (χ4v) is 9.13. The Morgan fingerprint density at radius 1 is 0.974 bits per heavy atom. The summed E-state index contributed by atoms with van der Waals surface area (Å²) in [5.74, 6) is 2.73. The number of benzene rings is 1. The molecule has 0 N–H and O–H groups in total. The van der Waals surface area contributed by atoms with Crippen LogP contribution < -0.4 is 4.74 Å². The van der Waals surface area contributed by atoms with Gasteiger partial charge in [-0.15, -0.1) is 0 Å². The number of hydrogen-bond acceptors (Lipinski definition) is 4. The van der Waals surface area contributed by atoms with E-state index in [4.69, 9.17) is 9.47 Å². The molecule has 1 aromatic carbocycles. The van der Waals surface area contributed by atoms with Crippen LogP contribution in [0.2, 0.25) is 0 Å². The molecule has 198 valence electrons. The van der Waals surface area contributed by atoms with Crippen LogP contribution in [0, 0.1) is 28.6 Å². The zero-order valence-corrected chi connectivity index (χ0v) is 22.7. The monoisotopic (exact) mass is 509 g/mol. The van der Waals surface area contributed by atoms with Crippen molar-refractivity contribution in [1.82, 2.24) is 4.98 Å². The molecule has 4 nitrogen and oxygen atoms in total. The lowest BCUT2D eigenvalue weighted by atomic mass is 9.47. The van der Waals surface area contributed by atoms with Crippen LogP contribution in [-0.4, -0.2) is 17.2 Å². The summed E-state index contributed by atoms with van der Waals surface area (Å²) in [5, 5.41) is 0. The lowest BCUT2D eigenvalue weighted by Crippen LogP contribution is -2.50. The molecule has 4 heteroatoms. The third kappa shape index (κ3) is 3.86. The summed E-state index contributed by atoms with van der Waals surface area (Å²) < 4.78 is 11.5. The van der Waals surface area contributed by atoms with Crippen molar-refractivity contribution in [2.45, 2.75) is 84.2 Å². The minimum absolute atomic E-state index is 0.0908. The highest BCUT2D eigenvalue weighted by atomic mass is 16.7. The van der Waals surface area contributed by atoms with E-state index in [1.165, 1.54) is 53.5 Å². The van der Waals surface area contributed by atoms with Gasteiger partial charge in [0.1, 0.15) is 11.9 Å². The van der Waals surface area contributed by atoms with Crippen LogP contribution in [0.1, 0.15) is 81.9 Å². The van der Waals surface area contributed by atoms with Crippen LogP contribution in [0.15, 0.2) is 60.5 Å². The third-order valence-electron chi connectivity index (χ3n) is 11.1. The number of rotatable bonds is 3. The number of nitrogens with zero attached hydrogens (tertiary/aromatic N) is 1. The molecule has 2 aromatic rings. The predicted molar refractivity (Wildman–Crippen MR) is 149 cm³/mol. The molecule has 5 aliphatic rings. The molecular formula is C34H39NO3. The maximum atomic E-state index is 12.7. The topological polar surface area (TPSA) is 48.4 Å². The second kappa shape index (κ2) is 9.10. The fourth-order valence-electron chi connectivity index (χ4n) is 9.13. The van der Waals surface area contributed by atoms with Gasteiger partial charge in [0.15, 0.2) is 0 Å². The highest BCUT2D eigenvalue weighted by Gasteiger charge is 2.57. The summed E-state index contributed by atoms with van der Waals surface area (Å²) in [6.07, 6.45) is 19.4. The van der Waals surface area contributed by atoms with Crippen LogP contribution in [0.5, 0.6) is 5.75 Å². The van der Waals surface area contributed by atoms with Gasteiger partial charge < -0.3 is 9.47 Å². The number of hydrogen-bond donors (Lipinski definition) is 0. The standard InChI is InChI=1S/C34H39NO3/c1-33-16-14-27(38-32(36)37-26-10-8-22-5-3-6-23(22)19-26)20-25(33)9-11-28-30-13-12-29(24-7-4-18-35-21-24)34(30,2)17-15-31(28)33/h4,7-10,12,18-19,21,27-28,30-31H,3,5-6,11,13-17,20H2,1-2H3/t27-,28-,30-,31-,33-,34+/m0/s1. The van der Waals surface area contributed by atoms with Gasteiger partial charge in [0.2, 0.25) is 0 Å². The Labute approximate surface area is 226 Å². The number of allylic oxidation sites excluding steroid dienone is 3. The molecule has 0 bridgehead atoms. The second-order valence-electron chi connectivity index (χ2n) is 12.9. The minimum atomic E-state index is -0.556. The number of carbonyl (C=O) groups is 1. The van der Waals surface area contributed by atoms with Gasteiger partial charge in [0, 0.05) is 18.8 Å². The van der Waals surface area contributed by atoms with Crippen molar-refractivity contribution in [1.29, 1.82) is 0 Å². The first-order valence-corrected chi connectivity index (χ1v) is 14.7. The normalized spacial score (nSPS) is 35.2. The average Bonchev–Trinajstić information content (AvgIpc) is 3.53. The maximum absolute atomic E-state index is 12.7. The Bertz CT molecular complexity index is 1310. The van der Waals surface area contributed by atoms with E-state index in [0.29, 0.717) is 17.6 Å². The molecule has 38 heavy (non-hydrogen) atoms. The van der Waals surface area contributed by atoms with Gasteiger partial charge in [-0.1, -0.05) is 43.7 Å². The largest absolute Gasteiger partial charge is 0.514 e. The molecule has 5 aliphatic carbocycles. The number of aromatic nitrogens is 1. The molecule has 0 amide bonds. The van der Waals surface area contributed by atoms with Crippen LogP contribution in [0.3, 0.4) is 0 Å². The zero-order valence-electron chi connectivity index (χ0n) is 22.7. The number of ether oxygens (including phenoxy) is 2. The van der Waals surface area contributed by atoms with Crippen LogP contribution >= 0.6 is 0 Å². The van der Waals surface area contributed by atoms with Gasteiger partial charge in [-0.25, -0.2) is 4.79 Å². The molecule has 0 unspecified atom stereocenters. The van der Waals surface area contributed by atoms with E-state index < -0.39 is 6.16 Å². The lowest BCUT2D eigenvalue weighted by Gasteiger charge is -2.57. The number of fused-ring (bicyclic) bond motifs is 6. The molecule has 7 rings (SSSR count). The highest BCUT2D eigenvalue weighted by molar-refractivity contribution is 5.72. The molecule has 0 spiro atoms. The van der Waals surface area contributed by atoms with Gasteiger partial charge in [0.25, 0.3) is 0 Å². The minimum Gasteiger partial charge on any atom is -0.430 e. The Balaban J connectivity index is 1.03. The molecule has 2 saturated carbocycles. The molecule has 0 saturated heterocycles. The first-order chi connectivity index (χ1) is 18.4. The number of carbonyl (C=O) groups excluding carboxylic acids is 1. The highest BCUT2D eigenvalue weighted by Crippen LogP contribution is 2.66. The zero-order chi connectivity index (χ0) is 25.9. The smallest absolute Gasteiger partial charge is 0.430 e. The molecule has 0 radical (unpaired) electrons. The van der Waals surface area contributed by atoms with Gasteiger partial charge in [-0.2, -0.15) is 0 Å². The first-order valence-electron chi connectivity index (χ1n) is 14.7. The van der Waals surface area contributed by atoms with Crippen molar-refractivity contribution in [3.63, 3.8) is 0 Å². The maximum Gasteiger partial charge on any atom is 0.514 e. The molecule has 1 aromatic heterocycles. The Hall–Kier alpha value is -2.88. The summed E-state index contributed by atoms with van der Waals surface area (Å²) in [4.78, 5) is 17.1. The number of aryl methyl sites for hydroxylation is 2. The molecule has 6 atom stereocenters. The van der Waals surface area contributed by atoms with Crippen molar-refractivity contribution in [2.24, 2.45) is 28.6 Å². The average molecular weight is 510 g/mol. The summed E-state index contributed by atoms with van der Waals surface area (Å²) >= 11 is 0. The fraction of sp³-hybridized carbons (Fsp3) is 0.529. The quantitative estimate of drug-likeness (QED) is 0.238. The number of pyridine rings is 1. The SMILES string of the molecule is C[C@]12CC[C@H](OC(=O)Oc3ccc4c(c3)CCC4)CC1=CC[C@@H]1[C@@H]2CC[C@]2(C)C(c3cccnc3)=CC[C@@H]12. The summed E-state index contributed by atoms with van der Waals surface area (Å²) in [7, 11) is 0. The van der Waals surface area contributed by atoms with Crippen molar-refractivity contribution in [3.05, 3.63) is 77.1 Å². The third-order valence-corrected chi connectivity index (χ3v) is 11.1. The van der Waals surface area contributed by atoms with E-state index in [2.05, 4.69) is 49.2 Å². The van der Waals surface area contributed by atoms with E-state index in [1.54, 1.807) is 0 Å². The molecule has 2 fully saturated rings. The second-order valence-corrected chi connectivity index (χ2v) is 12.9. The summed E-state index contributed by atoms with van der Waals surface area (Å²) in [6, 6.07) is 10.3. The van der Waals surface area contributed by atoms with E-state index >= 15 is 0 Å². The van der Waals surface area contributed by atoms with E-state index in [-0.39, 0.29) is 16.9 Å². The van der Waals surface area contributed by atoms with E-state index in [9.17, 15) is 4.79 Å². The summed E-state index contributed by atoms with van der Waals surface area (Å²) in [5.41, 5.74) is 7.48.